The van der Waals surface area contributed by atoms with Gasteiger partial charge in [-0.1, -0.05) is 12.2 Å². The van der Waals surface area contributed by atoms with Gasteiger partial charge in [-0.3, -0.25) is 4.79 Å². The van der Waals surface area contributed by atoms with Crippen LogP contribution in [-0.4, -0.2) is 35.0 Å². The molecule has 0 radical (unpaired) electrons. The standard InChI is InChI=1S/C10H15NO3/c1-4-11(7-8(2)3)9(12)5-6-10(13)14/h5-6H,2,4,7H2,1,3H3,(H,13,14)/b6-5+. The summed E-state index contributed by atoms with van der Waals surface area (Å²) in [7, 11) is 0. The Labute approximate surface area is 83.5 Å². The van der Waals surface area contributed by atoms with Crippen LogP contribution >= 0.6 is 0 Å². The van der Waals surface area contributed by atoms with Crippen molar-refractivity contribution < 1.29 is 14.7 Å². The van der Waals surface area contributed by atoms with E-state index in [0.717, 1.165) is 17.7 Å². The Morgan fingerprint density at radius 3 is 2.36 bits per heavy atom. The lowest BCUT2D eigenvalue weighted by Gasteiger charge is -2.18. The fourth-order valence-corrected chi connectivity index (χ4v) is 0.919. The third-order valence-corrected chi connectivity index (χ3v) is 1.52. The van der Waals surface area contributed by atoms with E-state index in [2.05, 4.69) is 6.58 Å². The Balaban J connectivity index is 4.31. The summed E-state index contributed by atoms with van der Waals surface area (Å²) in [5, 5.41) is 8.32. The molecule has 0 aromatic heterocycles. The Morgan fingerprint density at radius 2 is 2.00 bits per heavy atom. The number of carboxylic acid groups (broad SMARTS) is 1. The summed E-state index contributed by atoms with van der Waals surface area (Å²) in [4.78, 5) is 23.0. The van der Waals surface area contributed by atoms with Gasteiger partial charge < -0.3 is 10.0 Å². The van der Waals surface area contributed by atoms with Crippen LogP contribution in [0, 0.1) is 0 Å². The molecule has 0 aliphatic rings. The van der Waals surface area contributed by atoms with Crippen LogP contribution in [0.2, 0.25) is 0 Å². The fraction of sp³-hybridized carbons (Fsp3) is 0.400. The van der Waals surface area contributed by atoms with Crippen molar-refractivity contribution in [2.45, 2.75) is 13.8 Å². The minimum atomic E-state index is -1.12. The van der Waals surface area contributed by atoms with Gasteiger partial charge in [0, 0.05) is 25.2 Å². The van der Waals surface area contributed by atoms with Gasteiger partial charge in [-0.25, -0.2) is 4.79 Å². The molecule has 0 unspecified atom stereocenters. The molecule has 0 aromatic carbocycles. The second-order valence-corrected chi connectivity index (χ2v) is 2.98. The molecule has 0 heterocycles. The van der Waals surface area contributed by atoms with Gasteiger partial charge in [0.2, 0.25) is 5.91 Å². The number of amides is 1. The minimum absolute atomic E-state index is 0.307. The van der Waals surface area contributed by atoms with Crippen LogP contribution in [-0.2, 0) is 9.59 Å². The van der Waals surface area contributed by atoms with Crippen molar-refractivity contribution in [2.24, 2.45) is 0 Å². The van der Waals surface area contributed by atoms with Gasteiger partial charge in [0.25, 0.3) is 0 Å². The first-order valence-electron chi connectivity index (χ1n) is 4.31. The molecule has 0 fully saturated rings. The molecular weight excluding hydrogens is 182 g/mol. The molecule has 0 aromatic rings. The molecule has 4 heteroatoms. The molecule has 14 heavy (non-hydrogen) atoms. The van der Waals surface area contributed by atoms with E-state index in [1.807, 2.05) is 13.8 Å². The third-order valence-electron chi connectivity index (χ3n) is 1.52. The molecule has 0 aliphatic carbocycles. The van der Waals surface area contributed by atoms with Crippen LogP contribution in [0.3, 0.4) is 0 Å². The Hall–Kier alpha value is -1.58. The van der Waals surface area contributed by atoms with E-state index in [9.17, 15) is 9.59 Å². The zero-order valence-corrected chi connectivity index (χ0v) is 8.49. The van der Waals surface area contributed by atoms with Gasteiger partial charge in [0.05, 0.1) is 0 Å². The first-order chi connectivity index (χ1) is 6.47. The number of aliphatic carboxylic acids is 1. The molecule has 78 valence electrons. The number of hydrogen-bond donors (Lipinski definition) is 1. The maximum atomic E-state index is 11.3. The summed E-state index contributed by atoms with van der Waals surface area (Å²) in [6.07, 6.45) is 1.89. The largest absolute Gasteiger partial charge is 0.478 e. The lowest BCUT2D eigenvalue weighted by molar-refractivity contribution is -0.132. The van der Waals surface area contributed by atoms with Crippen molar-refractivity contribution in [2.75, 3.05) is 13.1 Å². The molecule has 0 rings (SSSR count). The zero-order chi connectivity index (χ0) is 11.1. The first-order valence-corrected chi connectivity index (χ1v) is 4.31. The van der Waals surface area contributed by atoms with Crippen LogP contribution in [0.1, 0.15) is 13.8 Å². The lowest BCUT2D eigenvalue weighted by Crippen LogP contribution is -2.30. The van der Waals surface area contributed by atoms with E-state index < -0.39 is 5.97 Å². The van der Waals surface area contributed by atoms with Crippen molar-refractivity contribution in [1.29, 1.82) is 0 Å². The average Bonchev–Trinajstić information content (AvgIpc) is 2.09. The second-order valence-electron chi connectivity index (χ2n) is 2.98. The molecule has 0 saturated carbocycles. The minimum Gasteiger partial charge on any atom is -0.478 e. The molecule has 0 atom stereocenters. The highest BCUT2D eigenvalue weighted by atomic mass is 16.4. The van der Waals surface area contributed by atoms with Crippen molar-refractivity contribution in [3.63, 3.8) is 0 Å². The van der Waals surface area contributed by atoms with E-state index in [1.54, 1.807) is 0 Å². The van der Waals surface area contributed by atoms with Gasteiger partial charge in [-0.05, 0) is 13.8 Å². The monoisotopic (exact) mass is 197 g/mol. The second kappa shape index (κ2) is 5.96. The number of carbonyl (C=O) groups excluding carboxylic acids is 1. The highest BCUT2D eigenvalue weighted by Gasteiger charge is 2.07. The van der Waals surface area contributed by atoms with E-state index in [-0.39, 0.29) is 5.91 Å². The quantitative estimate of drug-likeness (QED) is 0.529. The predicted octanol–water partition coefficient (Wildman–Crippen LogP) is 1.05. The van der Waals surface area contributed by atoms with Crippen molar-refractivity contribution in [1.82, 2.24) is 4.90 Å². The summed E-state index contributed by atoms with van der Waals surface area (Å²) in [6, 6.07) is 0. The fourth-order valence-electron chi connectivity index (χ4n) is 0.919. The SMILES string of the molecule is C=C(C)CN(CC)C(=O)/C=C/C(=O)O. The van der Waals surface area contributed by atoms with Crippen molar-refractivity contribution in [3.8, 4) is 0 Å². The summed E-state index contributed by atoms with van der Waals surface area (Å²) in [6.45, 7) is 8.33. The highest BCUT2D eigenvalue weighted by molar-refractivity contribution is 5.93. The lowest BCUT2D eigenvalue weighted by atomic mass is 10.3. The number of hydrogen-bond acceptors (Lipinski definition) is 2. The summed E-state index contributed by atoms with van der Waals surface area (Å²) in [5.74, 6) is -1.43. The van der Waals surface area contributed by atoms with Gasteiger partial charge in [-0.2, -0.15) is 0 Å². The molecule has 1 amide bonds. The van der Waals surface area contributed by atoms with Crippen LogP contribution in [0.15, 0.2) is 24.3 Å². The van der Waals surface area contributed by atoms with Crippen LogP contribution in [0.5, 0.6) is 0 Å². The van der Waals surface area contributed by atoms with Gasteiger partial charge in [0.1, 0.15) is 0 Å². The van der Waals surface area contributed by atoms with Gasteiger partial charge >= 0.3 is 5.97 Å². The van der Waals surface area contributed by atoms with E-state index >= 15 is 0 Å². The molecule has 0 aliphatic heterocycles. The topological polar surface area (TPSA) is 57.6 Å². The normalized spacial score (nSPS) is 10.1. The Morgan fingerprint density at radius 1 is 1.43 bits per heavy atom. The number of carboxylic acids is 1. The molecule has 0 spiro atoms. The average molecular weight is 197 g/mol. The Bertz CT molecular complexity index is 269. The van der Waals surface area contributed by atoms with E-state index in [1.165, 1.54) is 4.90 Å². The maximum Gasteiger partial charge on any atom is 0.328 e. The number of nitrogens with zero attached hydrogens (tertiary/aromatic N) is 1. The smallest absolute Gasteiger partial charge is 0.328 e. The van der Waals surface area contributed by atoms with Crippen LogP contribution in [0.4, 0.5) is 0 Å². The maximum absolute atomic E-state index is 11.3. The Kier molecular flexibility index (Phi) is 5.29. The molecule has 4 nitrogen and oxygen atoms in total. The summed E-state index contributed by atoms with van der Waals surface area (Å²) >= 11 is 0. The molecular formula is C10H15NO3. The van der Waals surface area contributed by atoms with E-state index in [0.29, 0.717) is 13.1 Å². The van der Waals surface area contributed by atoms with Gasteiger partial charge in [0.15, 0.2) is 0 Å². The van der Waals surface area contributed by atoms with Crippen molar-refractivity contribution in [3.05, 3.63) is 24.3 Å². The van der Waals surface area contributed by atoms with Crippen LogP contribution in [0.25, 0.3) is 0 Å². The first kappa shape index (κ1) is 12.4. The zero-order valence-electron chi connectivity index (χ0n) is 8.49. The molecule has 1 N–H and O–H groups in total. The molecule has 0 saturated heterocycles. The van der Waals surface area contributed by atoms with E-state index in [4.69, 9.17) is 5.11 Å². The van der Waals surface area contributed by atoms with Crippen LogP contribution < -0.4 is 0 Å². The highest BCUT2D eigenvalue weighted by Crippen LogP contribution is 1.97. The molecule has 0 bridgehead atoms. The van der Waals surface area contributed by atoms with Crippen molar-refractivity contribution >= 4 is 11.9 Å². The summed E-state index contributed by atoms with van der Waals surface area (Å²) in [5.41, 5.74) is 0.865. The third kappa shape index (κ3) is 5.13. The predicted molar refractivity (Wildman–Crippen MR) is 53.8 cm³/mol. The number of rotatable bonds is 5. The summed E-state index contributed by atoms with van der Waals surface area (Å²) < 4.78 is 0. The van der Waals surface area contributed by atoms with Gasteiger partial charge in [-0.15, -0.1) is 0 Å². The number of likely N-dealkylation sites (N-methyl/N-ethyl adjacent to an activating group) is 1. The number of carbonyl (C=O) groups is 2.